The second-order valence-electron chi connectivity index (χ2n) is 3.13. The highest BCUT2D eigenvalue weighted by molar-refractivity contribution is 9.10. The summed E-state index contributed by atoms with van der Waals surface area (Å²) in [5.41, 5.74) is -0.447. The minimum atomic E-state index is -5.03. The lowest BCUT2D eigenvalue weighted by Gasteiger charge is -2.11. The fraction of sp³-hybridized carbons (Fsp3) is 0.200. The first-order chi connectivity index (χ1) is 8.25. The molecule has 1 amide bonds. The first-order valence-corrected chi connectivity index (χ1v) is 5.31. The van der Waals surface area contributed by atoms with Crippen molar-refractivity contribution in [2.75, 3.05) is 12.4 Å². The molecule has 0 aromatic heterocycles. The zero-order chi connectivity index (χ0) is 13.9. The Kier molecular flexibility index (Phi) is 4.33. The average molecular weight is 326 g/mol. The van der Waals surface area contributed by atoms with Crippen molar-refractivity contribution >= 4 is 33.5 Å². The smallest absolute Gasteiger partial charge is 0.465 e. The predicted molar refractivity (Wildman–Crippen MR) is 60.2 cm³/mol. The van der Waals surface area contributed by atoms with E-state index < -0.39 is 18.1 Å². The number of hydrogen-bond acceptors (Lipinski definition) is 3. The van der Waals surface area contributed by atoms with Crippen LogP contribution in [0.1, 0.15) is 10.4 Å². The van der Waals surface area contributed by atoms with Gasteiger partial charge in [0.25, 0.3) is 0 Å². The Balaban J connectivity index is 3.09. The Morgan fingerprint density at radius 1 is 1.33 bits per heavy atom. The van der Waals surface area contributed by atoms with E-state index in [0.29, 0.717) is 4.47 Å². The van der Waals surface area contributed by atoms with Gasteiger partial charge in [-0.2, -0.15) is 13.2 Å². The van der Waals surface area contributed by atoms with Crippen LogP contribution in [0.2, 0.25) is 0 Å². The number of esters is 1. The number of alkyl halides is 3. The molecule has 4 nitrogen and oxygen atoms in total. The van der Waals surface area contributed by atoms with E-state index in [0.717, 1.165) is 7.11 Å². The standard InChI is InChI=1S/C10H7BrF3NO3/c1-18-8(16)6-4-5(11)2-3-7(6)15-9(17)10(12,13)14/h2-4H,1H3,(H,15,17). The maximum absolute atomic E-state index is 12.1. The number of benzene rings is 1. The monoisotopic (exact) mass is 325 g/mol. The molecule has 0 radical (unpaired) electrons. The topological polar surface area (TPSA) is 55.4 Å². The van der Waals surface area contributed by atoms with E-state index in [9.17, 15) is 22.8 Å². The number of carbonyl (C=O) groups excluding carboxylic acids is 2. The third-order valence-electron chi connectivity index (χ3n) is 1.89. The molecular weight excluding hydrogens is 319 g/mol. The van der Waals surface area contributed by atoms with Crippen LogP contribution in [0.3, 0.4) is 0 Å². The summed E-state index contributed by atoms with van der Waals surface area (Å²) in [4.78, 5) is 22.1. The fourth-order valence-electron chi connectivity index (χ4n) is 1.10. The van der Waals surface area contributed by atoms with Crippen LogP contribution >= 0.6 is 15.9 Å². The number of methoxy groups -OCH3 is 1. The molecule has 0 aliphatic carbocycles. The lowest BCUT2D eigenvalue weighted by atomic mass is 10.2. The van der Waals surface area contributed by atoms with Crippen molar-refractivity contribution in [1.82, 2.24) is 0 Å². The number of rotatable bonds is 2. The minimum absolute atomic E-state index is 0.176. The van der Waals surface area contributed by atoms with E-state index in [4.69, 9.17) is 0 Å². The van der Waals surface area contributed by atoms with E-state index in [1.54, 1.807) is 5.32 Å². The molecule has 18 heavy (non-hydrogen) atoms. The number of hydrogen-bond donors (Lipinski definition) is 1. The van der Waals surface area contributed by atoms with Gasteiger partial charge in [-0.15, -0.1) is 0 Å². The maximum Gasteiger partial charge on any atom is 0.471 e. The third kappa shape index (κ3) is 3.46. The van der Waals surface area contributed by atoms with Crippen LogP contribution in [-0.2, 0) is 9.53 Å². The van der Waals surface area contributed by atoms with Gasteiger partial charge in [-0.05, 0) is 18.2 Å². The molecule has 0 saturated heterocycles. The van der Waals surface area contributed by atoms with Gasteiger partial charge in [0.2, 0.25) is 0 Å². The first kappa shape index (κ1) is 14.5. The number of anilines is 1. The molecule has 0 aliphatic heterocycles. The quantitative estimate of drug-likeness (QED) is 0.851. The lowest BCUT2D eigenvalue weighted by molar-refractivity contribution is -0.167. The highest BCUT2D eigenvalue weighted by Crippen LogP contribution is 2.24. The Morgan fingerprint density at radius 3 is 2.44 bits per heavy atom. The van der Waals surface area contributed by atoms with Crippen LogP contribution in [0.15, 0.2) is 22.7 Å². The summed E-state index contributed by atoms with van der Waals surface area (Å²) >= 11 is 3.06. The molecule has 1 aromatic rings. The van der Waals surface area contributed by atoms with E-state index in [1.165, 1.54) is 18.2 Å². The molecule has 1 aromatic carbocycles. The molecule has 0 fully saturated rings. The van der Waals surface area contributed by atoms with E-state index in [2.05, 4.69) is 20.7 Å². The van der Waals surface area contributed by atoms with Crippen LogP contribution < -0.4 is 5.32 Å². The molecule has 0 atom stereocenters. The van der Waals surface area contributed by atoms with Crippen molar-refractivity contribution in [2.45, 2.75) is 6.18 Å². The first-order valence-electron chi connectivity index (χ1n) is 4.51. The Labute approximate surface area is 108 Å². The van der Waals surface area contributed by atoms with E-state index in [-0.39, 0.29) is 11.3 Å². The van der Waals surface area contributed by atoms with Crippen LogP contribution in [0.5, 0.6) is 0 Å². The van der Waals surface area contributed by atoms with Gasteiger partial charge in [-0.1, -0.05) is 15.9 Å². The maximum atomic E-state index is 12.1. The summed E-state index contributed by atoms with van der Waals surface area (Å²) < 4.78 is 41.1. The summed E-state index contributed by atoms with van der Waals surface area (Å²) in [7, 11) is 1.08. The van der Waals surface area contributed by atoms with Gasteiger partial charge in [0.05, 0.1) is 18.4 Å². The fourth-order valence-corrected chi connectivity index (χ4v) is 1.46. The molecule has 0 unspecified atom stereocenters. The Hall–Kier alpha value is -1.57. The number of ether oxygens (including phenoxy) is 1. The minimum Gasteiger partial charge on any atom is -0.465 e. The summed E-state index contributed by atoms with van der Waals surface area (Å²) in [5.74, 6) is -3.01. The van der Waals surface area contributed by atoms with Gasteiger partial charge in [0.1, 0.15) is 0 Å². The molecule has 0 bridgehead atoms. The zero-order valence-electron chi connectivity index (χ0n) is 8.97. The van der Waals surface area contributed by atoms with Crippen molar-refractivity contribution in [3.8, 4) is 0 Å². The lowest BCUT2D eigenvalue weighted by Crippen LogP contribution is -2.30. The van der Waals surface area contributed by atoms with Crippen molar-refractivity contribution in [3.05, 3.63) is 28.2 Å². The van der Waals surface area contributed by atoms with Crippen LogP contribution in [-0.4, -0.2) is 25.2 Å². The molecule has 0 heterocycles. The molecule has 98 valence electrons. The highest BCUT2D eigenvalue weighted by atomic mass is 79.9. The largest absolute Gasteiger partial charge is 0.471 e. The zero-order valence-corrected chi connectivity index (χ0v) is 10.6. The van der Waals surface area contributed by atoms with Crippen molar-refractivity contribution in [2.24, 2.45) is 0 Å². The number of amides is 1. The van der Waals surface area contributed by atoms with Crippen molar-refractivity contribution < 1.29 is 27.5 Å². The van der Waals surface area contributed by atoms with Crippen molar-refractivity contribution in [1.29, 1.82) is 0 Å². The Morgan fingerprint density at radius 2 is 1.94 bits per heavy atom. The second-order valence-corrected chi connectivity index (χ2v) is 4.05. The van der Waals surface area contributed by atoms with Gasteiger partial charge >= 0.3 is 18.1 Å². The number of halogens is 4. The molecule has 8 heteroatoms. The molecule has 0 saturated carbocycles. The van der Waals surface area contributed by atoms with Gasteiger partial charge in [-0.3, -0.25) is 4.79 Å². The highest BCUT2D eigenvalue weighted by Gasteiger charge is 2.39. The van der Waals surface area contributed by atoms with E-state index in [1.807, 2.05) is 0 Å². The summed E-state index contributed by atoms with van der Waals surface area (Å²) in [6, 6.07) is 3.80. The SMILES string of the molecule is COC(=O)c1cc(Br)ccc1NC(=O)C(F)(F)F. The molecule has 1 rings (SSSR count). The molecular formula is C10H7BrF3NO3. The van der Waals surface area contributed by atoms with Gasteiger partial charge in [0.15, 0.2) is 0 Å². The normalized spacial score (nSPS) is 10.9. The van der Waals surface area contributed by atoms with Gasteiger partial charge < -0.3 is 10.1 Å². The molecule has 0 spiro atoms. The number of nitrogens with one attached hydrogen (secondary N) is 1. The van der Waals surface area contributed by atoms with Crippen LogP contribution in [0.4, 0.5) is 18.9 Å². The average Bonchev–Trinajstić information content (AvgIpc) is 2.29. The van der Waals surface area contributed by atoms with Crippen LogP contribution in [0, 0.1) is 0 Å². The third-order valence-corrected chi connectivity index (χ3v) is 2.39. The predicted octanol–water partition coefficient (Wildman–Crippen LogP) is 2.74. The van der Waals surface area contributed by atoms with Crippen LogP contribution in [0.25, 0.3) is 0 Å². The summed E-state index contributed by atoms with van der Waals surface area (Å²) in [6.07, 6.45) is -5.03. The molecule has 0 aliphatic rings. The number of carbonyl (C=O) groups is 2. The summed E-state index contributed by atoms with van der Waals surface area (Å²) in [6.45, 7) is 0. The van der Waals surface area contributed by atoms with E-state index >= 15 is 0 Å². The Bertz CT molecular complexity index is 488. The van der Waals surface area contributed by atoms with Gasteiger partial charge in [-0.25, -0.2) is 4.79 Å². The molecule has 1 N–H and O–H groups in total. The van der Waals surface area contributed by atoms with Crippen molar-refractivity contribution in [3.63, 3.8) is 0 Å². The second kappa shape index (κ2) is 5.38. The summed E-state index contributed by atoms with van der Waals surface area (Å²) in [5, 5.41) is 1.61. The van der Waals surface area contributed by atoms with Gasteiger partial charge in [0, 0.05) is 4.47 Å².